The van der Waals surface area contributed by atoms with Gasteiger partial charge < -0.3 is 9.66 Å². The van der Waals surface area contributed by atoms with Gasteiger partial charge in [0, 0.05) is 11.1 Å². The fraction of sp³-hybridized carbons (Fsp3) is 0.562. The van der Waals surface area contributed by atoms with Gasteiger partial charge in [-0.05, 0) is 59.7 Å². The van der Waals surface area contributed by atoms with Gasteiger partial charge in [-0.25, -0.2) is 4.39 Å². The summed E-state index contributed by atoms with van der Waals surface area (Å²) in [6.45, 7) is 8.48. The third-order valence-corrected chi connectivity index (χ3v) is 4.72. The van der Waals surface area contributed by atoms with Gasteiger partial charge in [0.15, 0.2) is 0 Å². The Morgan fingerprint density at radius 1 is 1.17 bits per heavy atom. The summed E-state index contributed by atoms with van der Waals surface area (Å²) < 4.78 is 57.7. The van der Waals surface area contributed by atoms with Crippen molar-refractivity contribution < 1.29 is 22.8 Å². The standard InChI is InChI=1S/C16H22F3NO2S/c1-10(20-23(22)14(2,3)4)12-9-11(7-8-13(12)17)16(18,19)15(5,6)21/h7-9,21H,1-6H3/b20-10-. The Kier molecular flexibility index (Phi) is 5.61. The van der Waals surface area contributed by atoms with Gasteiger partial charge in [-0.2, -0.15) is 8.78 Å². The Balaban J connectivity index is 3.35. The minimum absolute atomic E-state index is 0.0594. The molecule has 0 aromatic heterocycles. The van der Waals surface area contributed by atoms with Gasteiger partial charge in [0.25, 0.3) is 0 Å². The minimum Gasteiger partial charge on any atom is -0.591 e. The Morgan fingerprint density at radius 3 is 2.13 bits per heavy atom. The average Bonchev–Trinajstić information content (AvgIpc) is 2.36. The maximum atomic E-state index is 14.2. The van der Waals surface area contributed by atoms with Crippen LogP contribution in [0.5, 0.6) is 0 Å². The SMILES string of the molecule is C/C(=N/[S+]([O-])C(C)(C)C)c1cc(C(F)(F)C(C)(C)O)ccc1F. The molecule has 0 aliphatic heterocycles. The van der Waals surface area contributed by atoms with E-state index in [1.807, 2.05) is 0 Å². The van der Waals surface area contributed by atoms with Gasteiger partial charge in [0.2, 0.25) is 0 Å². The summed E-state index contributed by atoms with van der Waals surface area (Å²) in [7, 11) is 0. The van der Waals surface area contributed by atoms with Crippen LogP contribution >= 0.6 is 0 Å². The maximum Gasteiger partial charge on any atom is 0.300 e. The number of halogens is 3. The highest BCUT2D eigenvalue weighted by molar-refractivity contribution is 7.91. The molecule has 1 aromatic carbocycles. The largest absolute Gasteiger partial charge is 0.591 e. The Morgan fingerprint density at radius 2 is 1.70 bits per heavy atom. The highest BCUT2D eigenvalue weighted by Crippen LogP contribution is 2.39. The molecule has 0 aliphatic carbocycles. The van der Waals surface area contributed by atoms with Crippen molar-refractivity contribution in [2.45, 2.75) is 57.8 Å². The van der Waals surface area contributed by atoms with E-state index < -0.39 is 39.0 Å². The first-order chi connectivity index (χ1) is 10.2. The van der Waals surface area contributed by atoms with Gasteiger partial charge >= 0.3 is 5.92 Å². The number of aliphatic hydroxyl groups is 1. The minimum atomic E-state index is -3.57. The van der Waals surface area contributed by atoms with Crippen molar-refractivity contribution in [3.05, 3.63) is 35.1 Å². The first-order valence-corrected chi connectivity index (χ1v) is 8.16. The molecule has 0 amide bonds. The van der Waals surface area contributed by atoms with Crippen LogP contribution in [0, 0.1) is 5.82 Å². The van der Waals surface area contributed by atoms with Crippen molar-refractivity contribution in [3.8, 4) is 0 Å². The van der Waals surface area contributed by atoms with Crippen LogP contribution in [0.1, 0.15) is 52.7 Å². The van der Waals surface area contributed by atoms with Gasteiger partial charge in [-0.1, -0.05) is 4.40 Å². The summed E-state index contributed by atoms with van der Waals surface area (Å²) in [5.41, 5.74) is -2.94. The number of hydrogen-bond acceptors (Lipinski definition) is 3. The first kappa shape index (κ1) is 20.0. The van der Waals surface area contributed by atoms with Gasteiger partial charge in [0.05, 0.1) is 5.71 Å². The topological polar surface area (TPSA) is 55.7 Å². The van der Waals surface area contributed by atoms with Crippen LogP contribution in [0.25, 0.3) is 0 Å². The van der Waals surface area contributed by atoms with Gasteiger partial charge in [-0.15, -0.1) is 0 Å². The van der Waals surface area contributed by atoms with Crippen LogP contribution in [-0.4, -0.2) is 25.7 Å². The smallest absolute Gasteiger partial charge is 0.300 e. The molecule has 0 radical (unpaired) electrons. The van der Waals surface area contributed by atoms with E-state index in [-0.39, 0.29) is 11.3 Å². The van der Waals surface area contributed by atoms with E-state index in [2.05, 4.69) is 4.40 Å². The van der Waals surface area contributed by atoms with Crippen molar-refractivity contribution >= 4 is 17.1 Å². The van der Waals surface area contributed by atoms with E-state index in [0.717, 1.165) is 32.0 Å². The van der Waals surface area contributed by atoms with E-state index in [1.54, 1.807) is 20.8 Å². The predicted octanol–water partition coefficient (Wildman–Crippen LogP) is 3.96. The highest BCUT2D eigenvalue weighted by Gasteiger charge is 2.47. The molecule has 0 saturated carbocycles. The Hall–Kier alpha value is -1.05. The van der Waals surface area contributed by atoms with E-state index in [1.165, 1.54) is 6.92 Å². The summed E-state index contributed by atoms with van der Waals surface area (Å²) in [4.78, 5) is 0. The molecule has 1 aromatic rings. The van der Waals surface area contributed by atoms with Crippen molar-refractivity contribution in [1.82, 2.24) is 0 Å². The molecular weight excluding hydrogens is 327 g/mol. The quantitative estimate of drug-likeness (QED) is 0.661. The Bertz CT molecular complexity index is 604. The zero-order chi connectivity index (χ0) is 18.2. The summed E-state index contributed by atoms with van der Waals surface area (Å²) in [5.74, 6) is -4.31. The lowest BCUT2D eigenvalue weighted by Crippen LogP contribution is -2.40. The van der Waals surface area contributed by atoms with Crippen LogP contribution in [0.4, 0.5) is 13.2 Å². The van der Waals surface area contributed by atoms with Crippen molar-refractivity contribution in [2.24, 2.45) is 4.40 Å². The third kappa shape index (κ3) is 4.49. The lowest BCUT2D eigenvalue weighted by Gasteiger charge is -2.29. The molecular formula is C16H22F3NO2S. The van der Waals surface area contributed by atoms with Crippen LogP contribution in [0.2, 0.25) is 0 Å². The van der Waals surface area contributed by atoms with Crippen LogP contribution < -0.4 is 0 Å². The molecule has 0 fully saturated rings. The number of alkyl halides is 2. The lowest BCUT2D eigenvalue weighted by molar-refractivity contribution is -0.168. The first-order valence-electron chi connectivity index (χ1n) is 7.06. The number of rotatable bonds is 4. The molecule has 3 nitrogen and oxygen atoms in total. The maximum absolute atomic E-state index is 14.2. The van der Waals surface area contributed by atoms with Crippen molar-refractivity contribution in [3.63, 3.8) is 0 Å². The van der Waals surface area contributed by atoms with Crippen LogP contribution in [0.15, 0.2) is 22.6 Å². The van der Waals surface area contributed by atoms with E-state index >= 15 is 0 Å². The number of hydrogen-bond donors (Lipinski definition) is 1. The summed E-state index contributed by atoms with van der Waals surface area (Å²) in [6.07, 6.45) is 0. The normalized spacial score (nSPS) is 15.7. The van der Waals surface area contributed by atoms with Crippen LogP contribution in [0.3, 0.4) is 0 Å². The molecule has 1 atom stereocenters. The molecule has 0 bridgehead atoms. The summed E-state index contributed by atoms with van der Waals surface area (Å²) in [5, 5.41) is 9.63. The zero-order valence-electron chi connectivity index (χ0n) is 14.1. The Labute approximate surface area is 137 Å². The molecule has 23 heavy (non-hydrogen) atoms. The van der Waals surface area contributed by atoms with E-state index in [0.29, 0.717) is 0 Å². The molecule has 1 rings (SSSR count). The van der Waals surface area contributed by atoms with Gasteiger partial charge in [0.1, 0.15) is 27.5 Å². The second-order valence-corrected chi connectivity index (χ2v) is 8.77. The zero-order valence-corrected chi connectivity index (χ0v) is 14.9. The molecule has 1 N–H and O–H groups in total. The third-order valence-electron chi connectivity index (χ3n) is 3.23. The summed E-state index contributed by atoms with van der Waals surface area (Å²) in [6, 6.07) is 2.75. The van der Waals surface area contributed by atoms with Gasteiger partial charge in [-0.3, -0.25) is 0 Å². The van der Waals surface area contributed by atoms with E-state index in [9.17, 15) is 22.8 Å². The van der Waals surface area contributed by atoms with Crippen molar-refractivity contribution in [2.75, 3.05) is 0 Å². The number of benzene rings is 1. The monoisotopic (exact) mass is 349 g/mol. The highest BCUT2D eigenvalue weighted by atomic mass is 32.2. The summed E-state index contributed by atoms with van der Waals surface area (Å²) >= 11 is -1.64. The van der Waals surface area contributed by atoms with Crippen molar-refractivity contribution in [1.29, 1.82) is 0 Å². The molecule has 0 saturated heterocycles. The molecule has 7 heteroatoms. The molecule has 0 spiro atoms. The fourth-order valence-corrected chi connectivity index (χ4v) is 2.28. The van der Waals surface area contributed by atoms with Crippen LogP contribution in [-0.2, 0) is 17.3 Å². The second-order valence-electron chi connectivity index (χ2n) is 6.87. The lowest BCUT2D eigenvalue weighted by atomic mass is 9.92. The average molecular weight is 349 g/mol. The predicted molar refractivity (Wildman–Crippen MR) is 86.7 cm³/mol. The molecule has 1 unspecified atom stereocenters. The van der Waals surface area contributed by atoms with E-state index in [4.69, 9.17) is 0 Å². The fourth-order valence-electron chi connectivity index (χ4n) is 1.66. The molecule has 0 aliphatic rings. The molecule has 0 heterocycles. The number of nitrogens with zero attached hydrogens (tertiary/aromatic N) is 1. The molecule has 130 valence electrons. The second kappa shape index (κ2) is 6.45.